The van der Waals surface area contributed by atoms with E-state index in [0.717, 1.165) is 5.56 Å². The molecule has 0 N–H and O–H groups in total. The number of alkyl halides is 1. The van der Waals surface area contributed by atoms with Crippen molar-refractivity contribution in [1.82, 2.24) is 4.40 Å². The molecule has 0 saturated carbocycles. The van der Waals surface area contributed by atoms with Crippen molar-refractivity contribution in [3.63, 3.8) is 0 Å². The first-order valence-corrected chi connectivity index (χ1v) is 7.17. The van der Waals surface area contributed by atoms with Gasteiger partial charge in [-0.05, 0) is 37.1 Å². The molecule has 0 fully saturated rings. The molecule has 2 aromatic heterocycles. The Balaban J connectivity index is 2.62. The van der Waals surface area contributed by atoms with Gasteiger partial charge in [-0.15, -0.1) is 24.2 Å². The van der Waals surface area contributed by atoms with Crippen molar-refractivity contribution < 1.29 is 9.53 Å². The smallest absolute Gasteiger partial charge is 0.344 e. The van der Waals surface area contributed by atoms with Crippen LogP contribution in [0.5, 0.6) is 0 Å². The Labute approximate surface area is 126 Å². The minimum atomic E-state index is -0.651. The van der Waals surface area contributed by atoms with Crippen molar-refractivity contribution in [1.29, 1.82) is 0 Å². The third kappa shape index (κ3) is 2.83. The standard InChI is InChI=1S/C14H14ClNO3S/c1-2-19-14(18)12-11(20)8-10-7-9(3-5-15)4-6-16(10)13(12)17/h4,6-8,20H,2-3,5H2,1H3. The number of thiol groups is 1. The van der Waals surface area contributed by atoms with Crippen LogP contribution in [-0.4, -0.2) is 22.9 Å². The van der Waals surface area contributed by atoms with Gasteiger partial charge in [-0.1, -0.05) is 0 Å². The van der Waals surface area contributed by atoms with E-state index in [1.54, 1.807) is 19.2 Å². The van der Waals surface area contributed by atoms with Gasteiger partial charge in [0.25, 0.3) is 5.56 Å². The molecule has 0 bridgehead atoms. The molecule has 0 unspecified atom stereocenters. The number of carbonyl (C=O) groups excluding carboxylic acids is 1. The second-order valence-corrected chi connectivity index (χ2v) is 5.06. The third-order valence-electron chi connectivity index (χ3n) is 2.89. The number of aryl methyl sites for hydroxylation is 1. The van der Waals surface area contributed by atoms with E-state index in [2.05, 4.69) is 12.6 Å². The van der Waals surface area contributed by atoms with Crippen LogP contribution in [0.4, 0.5) is 0 Å². The van der Waals surface area contributed by atoms with E-state index >= 15 is 0 Å². The fraction of sp³-hybridized carbons (Fsp3) is 0.286. The van der Waals surface area contributed by atoms with Crippen LogP contribution in [-0.2, 0) is 11.2 Å². The van der Waals surface area contributed by atoms with Crippen molar-refractivity contribution in [2.75, 3.05) is 12.5 Å². The Kier molecular flexibility index (Phi) is 4.73. The fourth-order valence-electron chi connectivity index (χ4n) is 1.96. The summed E-state index contributed by atoms with van der Waals surface area (Å²) in [6.07, 6.45) is 2.35. The Bertz CT molecular complexity index is 711. The number of hydrogen-bond donors (Lipinski definition) is 1. The van der Waals surface area contributed by atoms with Crippen LogP contribution in [0, 0.1) is 0 Å². The summed E-state index contributed by atoms with van der Waals surface area (Å²) in [7, 11) is 0. The monoisotopic (exact) mass is 311 g/mol. The highest BCUT2D eigenvalue weighted by atomic mass is 35.5. The van der Waals surface area contributed by atoms with Crippen LogP contribution < -0.4 is 5.56 Å². The van der Waals surface area contributed by atoms with Crippen LogP contribution in [0.15, 0.2) is 34.1 Å². The number of esters is 1. The second kappa shape index (κ2) is 6.33. The molecule has 0 amide bonds. The van der Waals surface area contributed by atoms with E-state index in [9.17, 15) is 9.59 Å². The topological polar surface area (TPSA) is 47.8 Å². The highest BCUT2D eigenvalue weighted by Gasteiger charge is 2.17. The van der Waals surface area contributed by atoms with Gasteiger partial charge in [0.1, 0.15) is 5.56 Å². The molecule has 4 nitrogen and oxygen atoms in total. The van der Waals surface area contributed by atoms with Gasteiger partial charge in [-0.2, -0.15) is 0 Å². The van der Waals surface area contributed by atoms with Gasteiger partial charge in [-0.25, -0.2) is 4.79 Å². The summed E-state index contributed by atoms with van der Waals surface area (Å²) >= 11 is 9.93. The van der Waals surface area contributed by atoms with Crippen molar-refractivity contribution in [2.45, 2.75) is 18.2 Å². The number of fused-ring (bicyclic) bond motifs is 1. The lowest BCUT2D eigenvalue weighted by Gasteiger charge is -2.09. The Morgan fingerprint density at radius 3 is 2.85 bits per heavy atom. The molecule has 0 aromatic carbocycles. The predicted molar refractivity (Wildman–Crippen MR) is 81.3 cm³/mol. The molecule has 106 valence electrons. The summed E-state index contributed by atoms with van der Waals surface area (Å²) in [5, 5.41) is 0. The molecule has 0 radical (unpaired) electrons. The first-order valence-electron chi connectivity index (χ1n) is 6.18. The Morgan fingerprint density at radius 1 is 1.45 bits per heavy atom. The number of ether oxygens (including phenoxy) is 1. The molecule has 0 aliphatic heterocycles. The van der Waals surface area contributed by atoms with Crippen molar-refractivity contribution in [3.8, 4) is 0 Å². The molecule has 20 heavy (non-hydrogen) atoms. The number of halogens is 1. The summed E-state index contributed by atoms with van der Waals surface area (Å²) < 4.78 is 6.29. The summed E-state index contributed by atoms with van der Waals surface area (Å²) in [6.45, 7) is 1.90. The van der Waals surface area contributed by atoms with Crippen LogP contribution in [0.1, 0.15) is 22.8 Å². The van der Waals surface area contributed by atoms with Crippen LogP contribution in [0.2, 0.25) is 0 Å². The molecular formula is C14H14ClNO3S. The molecule has 2 rings (SSSR count). The maximum Gasteiger partial charge on any atom is 0.344 e. The van der Waals surface area contributed by atoms with E-state index in [1.807, 2.05) is 12.1 Å². The van der Waals surface area contributed by atoms with E-state index < -0.39 is 11.5 Å². The number of rotatable bonds is 4. The lowest BCUT2D eigenvalue weighted by molar-refractivity contribution is 0.0520. The van der Waals surface area contributed by atoms with Gasteiger partial charge in [0, 0.05) is 17.0 Å². The van der Waals surface area contributed by atoms with Gasteiger partial charge in [0.15, 0.2) is 0 Å². The average Bonchev–Trinajstić information content (AvgIpc) is 2.39. The van der Waals surface area contributed by atoms with Gasteiger partial charge in [-0.3, -0.25) is 9.20 Å². The van der Waals surface area contributed by atoms with E-state index in [4.69, 9.17) is 16.3 Å². The second-order valence-electron chi connectivity index (χ2n) is 4.20. The summed E-state index contributed by atoms with van der Waals surface area (Å²) in [5.74, 6) is -0.142. The first kappa shape index (κ1) is 14.9. The SMILES string of the molecule is CCOC(=O)c1c(S)cc2cc(CCCl)ccn2c1=O. The largest absolute Gasteiger partial charge is 0.462 e. The zero-order valence-corrected chi connectivity index (χ0v) is 12.6. The molecule has 0 aliphatic carbocycles. The molecule has 0 aliphatic rings. The molecule has 6 heteroatoms. The number of hydrogen-bond acceptors (Lipinski definition) is 4. The highest BCUT2D eigenvalue weighted by molar-refractivity contribution is 7.80. The lowest BCUT2D eigenvalue weighted by atomic mass is 10.1. The molecule has 0 spiro atoms. The molecule has 0 atom stereocenters. The quantitative estimate of drug-likeness (QED) is 0.536. The minimum absolute atomic E-state index is 0.0437. The molecule has 0 saturated heterocycles. The van der Waals surface area contributed by atoms with Crippen molar-refractivity contribution >= 4 is 35.7 Å². The van der Waals surface area contributed by atoms with Crippen molar-refractivity contribution in [3.05, 3.63) is 45.9 Å². The third-order valence-corrected chi connectivity index (χ3v) is 3.43. The van der Waals surface area contributed by atoms with E-state index in [0.29, 0.717) is 22.7 Å². The van der Waals surface area contributed by atoms with Crippen LogP contribution in [0.3, 0.4) is 0 Å². The molecular weight excluding hydrogens is 298 g/mol. The first-order chi connectivity index (χ1) is 9.58. The molecule has 2 heterocycles. The zero-order chi connectivity index (χ0) is 14.7. The lowest BCUT2D eigenvalue weighted by Crippen LogP contribution is -2.24. The van der Waals surface area contributed by atoms with E-state index in [1.165, 1.54) is 4.40 Å². The Hall–Kier alpha value is -1.46. The fourth-order valence-corrected chi connectivity index (χ4v) is 2.50. The van der Waals surface area contributed by atoms with Gasteiger partial charge in [0.2, 0.25) is 0 Å². The number of nitrogens with zero attached hydrogens (tertiary/aromatic N) is 1. The van der Waals surface area contributed by atoms with Crippen LogP contribution >= 0.6 is 24.2 Å². The van der Waals surface area contributed by atoms with Gasteiger partial charge in [0.05, 0.1) is 12.1 Å². The summed E-state index contributed by atoms with van der Waals surface area (Å²) in [4.78, 5) is 24.4. The number of pyridine rings is 2. The Morgan fingerprint density at radius 2 is 2.20 bits per heavy atom. The van der Waals surface area contributed by atoms with Crippen molar-refractivity contribution in [2.24, 2.45) is 0 Å². The summed E-state index contributed by atoms with van der Waals surface area (Å²) in [6, 6.07) is 5.34. The maximum atomic E-state index is 12.3. The zero-order valence-electron chi connectivity index (χ0n) is 10.9. The van der Waals surface area contributed by atoms with E-state index in [-0.39, 0.29) is 12.2 Å². The van der Waals surface area contributed by atoms with Gasteiger partial charge < -0.3 is 4.74 Å². The number of aromatic nitrogens is 1. The number of carbonyl (C=O) groups is 1. The van der Waals surface area contributed by atoms with Gasteiger partial charge >= 0.3 is 5.97 Å². The minimum Gasteiger partial charge on any atom is -0.462 e. The average molecular weight is 312 g/mol. The van der Waals surface area contributed by atoms with Crippen LogP contribution in [0.25, 0.3) is 5.52 Å². The maximum absolute atomic E-state index is 12.3. The normalized spacial score (nSPS) is 10.8. The summed E-state index contributed by atoms with van der Waals surface area (Å²) in [5.41, 5.74) is 1.23. The molecule has 2 aromatic rings. The predicted octanol–water partition coefficient (Wildman–Crippen LogP) is 2.55. The highest BCUT2D eigenvalue weighted by Crippen LogP contribution is 2.16.